The Morgan fingerprint density at radius 3 is 2.73 bits per heavy atom. The molecule has 1 aromatic rings. The third kappa shape index (κ3) is 4.22. The highest BCUT2D eigenvalue weighted by Gasteiger charge is 2.06. The molecule has 1 atom stereocenters. The standard InChI is InChI=1S/C12H19BrN2/c1-2-3-6-10(9-14)15-12-8-5-4-7-11(12)13/h4-5,7-8,10,15H,2-3,6,9,14H2,1H3. The lowest BCUT2D eigenvalue weighted by Gasteiger charge is -2.18. The quantitative estimate of drug-likeness (QED) is 0.832. The molecule has 3 N–H and O–H groups in total. The molecule has 0 heterocycles. The number of unbranched alkanes of at least 4 members (excludes halogenated alkanes) is 1. The van der Waals surface area contributed by atoms with Crippen molar-refractivity contribution in [1.29, 1.82) is 0 Å². The highest BCUT2D eigenvalue weighted by atomic mass is 79.9. The number of benzene rings is 1. The summed E-state index contributed by atoms with van der Waals surface area (Å²) in [6, 6.07) is 8.52. The summed E-state index contributed by atoms with van der Waals surface area (Å²) in [5.41, 5.74) is 6.86. The maximum Gasteiger partial charge on any atom is 0.0487 e. The summed E-state index contributed by atoms with van der Waals surface area (Å²) in [4.78, 5) is 0. The third-order valence-electron chi connectivity index (χ3n) is 2.42. The molecular weight excluding hydrogens is 252 g/mol. The largest absolute Gasteiger partial charge is 0.380 e. The summed E-state index contributed by atoms with van der Waals surface area (Å²) >= 11 is 3.52. The maximum atomic E-state index is 5.73. The minimum Gasteiger partial charge on any atom is -0.380 e. The minimum atomic E-state index is 0.378. The van der Waals surface area contributed by atoms with Crippen molar-refractivity contribution in [1.82, 2.24) is 0 Å². The van der Waals surface area contributed by atoms with E-state index in [1.54, 1.807) is 0 Å². The van der Waals surface area contributed by atoms with E-state index in [1.165, 1.54) is 12.8 Å². The van der Waals surface area contributed by atoms with Gasteiger partial charge in [0.25, 0.3) is 0 Å². The normalized spacial score (nSPS) is 12.5. The van der Waals surface area contributed by atoms with Gasteiger partial charge in [0.2, 0.25) is 0 Å². The predicted molar refractivity (Wildman–Crippen MR) is 70.1 cm³/mol. The summed E-state index contributed by atoms with van der Waals surface area (Å²) < 4.78 is 1.10. The van der Waals surface area contributed by atoms with Gasteiger partial charge in [0.15, 0.2) is 0 Å². The Bertz CT molecular complexity index is 289. The summed E-state index contributed by atoms with van der Waals surface area (Å²) in [5, 5.41) is 3.46. The summed E-state index contributed by atoms with van der Waals surface area (Å²) in [5.74, 6) is 0. The number of halogens is 1. The van der Waals surface area contributed by atoms with Crippen LogP contribution in [0.1, 0.15) is 26.2 Å². The Kier molecular flexibility index (Phi) is 5.73. The Labute approximate surface area is 100 Å². The van der Waals surface area contributed by atoms with E-state index in [1.807, 2.05) is 18.2 Å². The second-order valence-electron chi connectivity index (χ2n) is 3.70. The van der Waals surface area contributed by atoms with Crippen LogP contribution in [0.5, 0.6) is 0 Å². The van der Waals surface area contributed by atoms with Crippen LogP contribution in [0.3, 0.4) is 0 Å². The van der Waals surface area contributed by atoms with Gasteiger partial charge >= 0.3 is 0 Å². The fraction of sp³-hybridized carbons (Fsp3) is 0.500. The zero-order valence-electron chi connectivity index (χ0n) is 9.17. The van der Waals surface area contributed by atoms with E-state index in [0.717, 1.165) is 16.6 Å². The molecule has 0 aliphatic rings. The number of anilines is 1. The molecule has 0 radical (unpaired) electrons. The van der Waals surface area contributed by atoms with Crippen LogP contribution in [0.15, 0.2) is 28.7 Å². The van der Waals surface area contributed by atoms with Gasteiger partial charge in [-0.1, -0.05) is 31.9 Å². The molecule has 0 spiro atoms. The van der Waals surface area contributed by atoms with Crippen molar-refractivity contribution in [3.8, 4) is 0 Å². The average molecular weight is 271 g/mol. The van der Waals surface area contributed by atoms with E-state index in [0.29, 0.717) is 12.6 Å². The van der Waals surface area contributed by atoms with Crippen LogP contribution >= 0.6 is 15.9 Å². The van der Waals surface area contributed by atoms with Gasteiger partial charge in [-0.2, -0.15) is 0 Å². The highest BCUT2D eigenvalue weighted by molar-refractivity contribution is 9.10. The molecule has 1 unspecified atom stereocenters. The smallest absolute Gasteiger partial charge is 0.0487 e. The fourth-order valence-electron chi connectivity index (χ4n) is 1.50. The van der Waals surface area contributed by atoms with Crippen LogP contribution in [0.25, 0.3) is 0 Å². The molecule has 0 aliphatic carbocycles. The number of hydrogen-bond acceptors (Lipinski definition) is 2. The van der Waals surface area contributed by atoms with Gasteiger partial charge in [-0.05, 0) is 34.5 Å². The lowest BCUT2D eigenvalue weighted by Crippen LogP contribution is -2.28. The van der Waals surface area contributed by atoms with Crippen LogP contribution in [-0.4, -0.2) is 12.6 Å². The molecule has 1 rings (SSSR count). The van der Waals surface area contributed by atoms with Gasteiger partial charge < -0.3 is 11.1 Å². The lowest BCUT2D eigenvalue weighted by atomic mass is 10.1. The Hall–Kier alpha value is -0.540. The van der Waals surface area contributed by atoms with Crippen molar-refractivity contribution < 1.29 is 0 Å². The van der Waals surface area contributed by atoms with Crippen LogP contribution in [0.4, 0.5) is 5.69 Å². The molecule has 0 aromatic heterocycles. The number of para-hydroxylation sites is 1. The van der Waals surface area contributed by atoms with Crippen molar-refractivity contribution in [3.05, 3.63) is 28.7 Å². The van der Waals surface area contributed by atoms with Gasteiger partial charge in [0, 0.05) is 22.7 Å². The Balaban J connectivity index is 2.54. The molecule has 0 saturated carbocycles. The summed E-state index contributed by atoms with van der Waals surface area (Å²) in [7, 11) is 0. The first-order valence-corrected chi connectivity index (χ1v) is 6.28. The molecule has 0 aliphatic heterocycles. The van der Waals surface area contributed by atoms with Crippen molar-refractivity contribution in [2.75, 3.05) is 11.9 Å². The number of rotatable bonds is 6. The van der Waals surface area contributed by atoms with Crippen molar-refractivity contribution in [2.24, 2.45) is 5.73 Å². The fourth-order valence-corrected chi connectivity index (χ4v) is 1.90. The zero-order valence-corrected chi connectivity index (χ0v) is 10.8. The van der Waals surface area contributed by atoms with E-state index in [-0.39, 0.29) is 0 Å². The van der Waals surface area contributed by atoms with Crippen LogP contribution in [-0.2, 0) is 0 Å². The topological polar surface area (TPSA) is 38.0 Å². The van der Waals surface area contributed by atoms with Gasteiger partial charge in [0.1, 0.15) is 0 Å². The maximum absolute atomic E-state index is 5.73. The zero-order chi connectivity index (χ0) is 11.1. The summed E-state index contributed by atoms with van der Waals surface area (Å²) in [6.45, 7) is 2.88. The Morgan fingerprint density at radius 2 is 2.13 bits per heavy atom. The molecule has 0 amide bonds. The second-order valence-corrected chi connectivity index (χ2v) is 4.55. The minimum absolute atomic E-state index is 0.378. The van der Waals surface area contributed by atoms with E-state index in [4.69, 9.17) is 5.73 Å². The number of nitrogens with two attached hydrogens (primary N) is 1. The molecule has 3 heteroatoms. The van der Waals surface area contributed by atoms with Crippen LogP contribution in [0, 0.1) is 0 Å². The van der Waals surface area contributed by atoms with Gasteiger partial charge in [-0.15, -0.1) is 0 Å². The molecule has 0 bridgehead atoms. The molecule has 2 nitrogen and oxygen atoms in total. The third-order valence-corrected chi connectivity index (χ3v) is 3.12. The first kappa shape index (κ1) is 12.5. The second kappa shape index (κ2) is 6.85. The summed E-state index contributed by atoms with van der Waals surface area (Å²) in [6.07, 6.45) is 3.57. The van der Waals surface area contributed by atoms with Crippen LogP contribution < -0.4 is 11.1 Å². The van der Waals surface area contributed by atoms with Gasteiger partial charge in [-0.25, -0.2) is 0 Å². The lowest BCUT2D eigenvalue weighted by molar-refractivity contribution is 0.614. The molecular formula is C12H19BrN2. The predicted octanol–water partition coefficient (Wildman–Crippen LogP) is 3.38. The molecule has 0 saturated heterocycles. The van der Waals surface area contributed by atoms with Crippen LogP contribution in [0.2, 0.25) is 0 Å². The first-order valence-electron chi connectivity index (χ1n) is 5.49. The van der Waals surface area contributed by atoms with Gasteiger partial charge in [-0.3, -0.25) is 0 Å². The van der Waals surface area contributed by atoms with E-state index >= 15 is 0 Å². The molecule has 84 valence electrons. The number of nitrogens with one attached hydrogen (secondary N) is 1. The molecule has 0 fully saturated rings. The average Bonchev–Trinajstić information content (AvgIpc) is 2.26. The molecule has 1 aromatic carbocycles. The van der Waals surface area contributed by atoms with Gasteiger partial charge in [0.05, 0.1) is 0 Å². The first-order chi connectivity index (χ1) is 7.27. The Morgan fingerprint density at radius 1 is 1.40 bits per heavy atom. The van der Waals surface area contributed by atoms with Crippen molar-refractivity contribution in [2.45, 2.75) is 32.2 Å². The highest BCUT2D eigenvalue weighted by Crippen LogP contribution is 2.22. The van der Waals surface area contributed by atoms with E-state index in [9.17, 15) is 0 Å². The van der Waals surface area contributed by atoms with Crippen molar-refractivity contribution >= 4 is 21.6 Å². The number of hydrogen-bond donors (Lipinski definition) is 2. The van der Waals surface area contributed by atoms with E-state index in [2.05, 4.69) is 34.2 Å². The molecule has 15 heavy (non-hydrogen) atoms. The van der Waals surface area contributed by atoms with Crippen molar-refractivity contribution in [3.63, 3.8) is 0 Å². The SMILES string of the molecule is CCCCC(CN)Nc1ccccc1Br. The van der Waals surface area contributed by atoms with E-state index < -0.39 is 0 Å². The monoisotopic (exact) mass is 270 g/mol.